The lowest BCUT2D eigenvalue weighted by atomic mass is 9.83. The average Bonchev–Trinajstić information content (AvgIpc) is 3.59. The van der Waals surface area contributed by atoms with Crippen LogP contribution < -0.4 is 10.6 Å². The van der Waals surface area contributed by atoms with E-state index in [9.17, 15) is 23.6 Å². The van der Waals surface area contributed by atoms with Crippen LogP contribution in [0.5, 0.6) is 0 Å². The van der Waals surface area contributed by atoms with Gasteiger partial charge in [-0.25, -0.2) is 9.37 Å². The Morgan fingerprint density at radius 2 is 1.80 bits per heavy atom. The third kappa shape index (κ3) is 5.28. The molecule has 3 heterocycles. The summed E-state index contributed by atoms with van der Waals surface area (Å²) >= 11 is 1.29. The van der Waals surface area contributed by atoms with Gasteiger partial charge in [-0.15, -0.1) is 11.3 Å². The zero-order chi connectivity index (χ0) is 32.3. The number of nitrogens with zero attached hydrogens (tertiary/aromatic N) is 2. The molecule has 2 aromatic heterocycles. The number of benzene rings is 2. The molecule has 2 saturated carbocycles. The number of rotatable bonds is 8. The Labute approximate surface area is 270 Å². The first-order chi connectivity index (χ1) is 22.0. The van der Waals surface area contributed by atoms with E-state index >= 15 is 0 Å². The molecule has 3 amide bonds. The summed E-state index contributed by atoms with van der Waals surface area (Å²) in [5, 5.41) is 6.53. The second-order valence-corrected chi connectivity index (χ2v) is 14.7. The fourth-order valence-corrected chi connectivity index (χ4v) is 8.82. The highest BCUT2D eigenvalue weighted by molar-refractivity contribution is 7.20. The Morgan fingerprint density at radius 3 is 2.54 bits per heavy atom. The highest BCUT2D eigenvalue weighted by atomic mass is 32.1. The molecule has 3 aliphatic rings. The predicted octanol–water partition coefficient (Wildman–Crippen LogP) is 5.47. The molecule has 5 atom stereocenters. The fraction of sp³-hybridized carbons (Fsp3) is 0.457. The van der Waals surface area contributed by atoms with Gasteiger partial charge >= 0.3 is 0 Å². The van der Waals surface area contributed by atoms with Gasteiger partial charge in [-0.3, -0.25) is 19.2 Å². The lowest BCUT2D eigenvalue weighted by Gasteiger charge is -2.37. The van der Waals surface area contributed by atoms with Gasteiger partial charge in [-0.05, 0) is 73.3 Å². The number of piperidine rings is 1. The van der Waals surface area contributed by atoms with Crippen molar-refractivity contribution in [3.63, 3.8) is 0 Å². The van der Waals surface area contributed by atoms with Crippen LogP contribution in [0.3, 0.4) is 0 Å². The van der Waals surface area contributed by atoms with E-state index in [1.807, 2.05) is 24.3 Å². The maximum absolute atomic E-state index is 14.5. The van der Waals surface area contributed by atoms with Crippen LogP contribution in [0, 0.1) is 29.0 Å². The van der Waals surface area contributed by atoms with E-state index in [-0.39, 0.29) is 46.5 Å². The van der Waals surface area contributed by atoms with Crippen molar-refractivity contribution in [3.05, 3.63) is 65.0 Å². The van der Waals surface area contributed by atoms with Gasteiger partial charge in [-0.1, -0.05) is 51.3 Å². The maximum atomic E-state index is 14.5. The molecular formula is C35H38FN5O4S. The molecule has 0 unspecified atom stereocenters. The molecular weight excluding hydrogens is 605 g/mol. The second kappa shape index (κ2) is 11.6. The zero-order valence-corrected chi connectivity index (χ0v) is 27.0. The Morgan fingerprint density at radius 1 is 1.04 bits per heavy atom. The van der Waals surface area contributed by atoms with Gasteiger partial charge in [0.2, 0.25) is 17.6 Å². The molecule has 3 N–H and O–H groups in total. The van der Waals surface area contributed by atoms with Gasteiger partial charge in [0.15, 0.2) is 5.01 Å². The average molecular weight is 644 g/mol. The van der Waals surface area contributed by atoms with E-state index in [0.29, 0.717) is 22.5 Å². The van der Waals surface area contributed by atoms with Gasteiger partial charge in [0.05, 0.1) is 16.3 Å². The van der Waals surface area contributed by atoms with Crippen LogP contribution in [0.15, 0.2) is 48.5 Å². The molecule has 0 bridgehead atoms. The lowest BCUT2D eigenvalue weighted by molar-refractivity contribution is -0.143. The molecule has 1 saturated heterocycles. The van der Waals surface area contributed by atoms with E-state index < -0.39 is 29.8 Å². The molecule has 1 aliphatic heterocycles. The monoisotopic (exact) mass is 643 g/mol. The number of carbonyl (C=O) groups is 4. The Kier molecular flexibility index (Phi) is 7.70. The number of carbonyl (C=O) groups excluding carboxylic acids is 4. The van der Waals surface area contributed by atoms with E-state index in [1.54, 1.807) is 24.0 Å². The van der Waals surface area contributed by atoms with Crippen LogP contribution in [0.4, 0.5) is 4.39 Å². The highest BCUT2D eigenvalue weighted by Crippen LogP contribution is 2.65. The first-order valence-electron chi connectivity index (χ1n) is 16.1. The number of thiazole rings is 1. The van der Waals surface area contributed by atoms with Crippen LogP contribution in [0.1, 0.15) is 73.2 Å². The Hall–Kier alpha value is -4.12. The molecule has 2 aliphatic carbocycles. The minimum absolute atomic E-state index is 0.0550. The smallest absolute Gasteiger partial charge is 0.268 e. The summed E-state index contributed by atoms with van der Waals surface area (Å²) in [7, 11) is 0. The number of hydrogen-bond donors (Lipinski definition) is 3. The van der Waals surface area contributed by atoms with Gasteiger partial charge in [-0.2, -0.15) is 0 Å². The summed E-state index contributed by atoms with van der Waals surface area (Å²) in [4.78, 5) is 64.4. The minimum Gasteiger partial charge on any atom is -0.350 e. The van der Waals surface area contributed by atoms with Crippen molar-refractivity contribution >= 4 is 56.0 Å². The van der Waals surface area contributed by atoms with Crippen LogP contribution >= 0.6 is 11.3 Å². The van der Waals surface area contributed by atoms with E-state index in [1.165, 1.54) is 23.5 Å². The summed E-state index contributed by atoms with van der Waals surface area (Å²) in [5.74, 6) is -1.85. The number of ketones is 1. The van der Waals surface area contributed by atoms with Crippen molar-refractivity contribution in [2.24, 2.45) is 23.2 Å². The molecule has 9 nitrogen and oxygen atoms in total. The van der Waals surface area contributed by atoms with Crippen molar-refractivity contribution in [1.29, 1.82) is 0 Å². The SMILES string of the molecule is C[C@H](NC(=O)[C@@H]1[C@@H]2[C@H](CN1C(=O)[C@@H](NC(=O)c1cc3c(F)cccc3[nH]1)C1CCCCC1)C2(C)C)C(=O)c1nc2ccccc2s1. The third-order valence-corrected chi connectivity index (χ3v) is 11.6. The molecule has 4 aromatic rings. The van der Waals surface area contributed by atoms with E-state index in [4.69, 9.17) is 0 Å². The number of fused-ring (bicyclic) bond motifs is 3. The molecule has 3 fully saturated rings. The fourth-order valence-electron chi connectivity index (χ4n) is 7.83. The largest absolute Gasteiger partial charge is 0.350 e. The Bertz CT molecular complexity index is 1830. The minimum atomic E-state index is -0.832. The predicted molar refractivity (Wildman–Crippen MR) is 174 cm³/mol. The van der Waals surface area contributed by atoms with Gasteiger partial charge in [0.1, 0.15) is 23.6 Å². The van der Waals surface area contributed by atoms with Crippen LogP contribution in [-0.2, 0) is 9.59 Å². The standard InChI is InChI=1S/C35H38FN5O4S/c1-18(30(42)33-39-24-13-7-8-15-26(24)46-33)37-32(44)29-27-21(35(27,2)3)17-41(29)34(45)28(19-10-5-4-6-11-19)40-31(43)25-16-20-22(36)12-9-14-23(20)38-25/h7-9,12-16,18-19,21,27-29,38H,4-6,10-11,17H2,1-3H3,(H,37,44)(H,40,43)/t18-,21-,27-,28-,29-/m0/s1. The number of para-hydroxylation sites is 1. The molecule has 7 rings (SSSR count). The number of nitrogens with one attached hydrogen (secondary N) is 3. The van der Waals surface area contributed by atoms with Crippen molar-refractivity contribution in [1.82, 2.24) is 25.5 Å². The second-order valence-electron chi connectivity index (χ2n) is 13.7. The van der Waals surface area contributed by atoms with Crippen molar-refractivity contribution < 1.29 is 23.6 Å². The molecule has 0 spiro atoms. The number of amides is 3. The van der Waals surface area contributed by atoms with Crippen LogP contribution in [-0.4, -0.2) is 63.0 Å². The van der Waals surface area contributed by atoms with Gasteiger partial charge < -0.3 is 20.5 Å². The summed E-state index contributed by atoms with van der Waals surface area (Å²) in [6, 6.07) is 11.2. The number of aromatic amines is 1. The zero-order valence-electron chi connectivity index (χ0n) is 26.1. The quantitative estimate of drug-likeness (QED) is 0.220. The first kappa shape index (κ1) is 30.5. The first-order valence-corrected chi connectivity index (χ1v) is 16.9. The highest BCUT2D eigenvalue weighted by Gasteiger charge is 2.69. The summed E-state index contributed by atoms with van der Waals surface area (Å²) in [5.41, 5.74) is 1.28. The number of halogens is 1. The van der Waals surface area contributed by atoms with Crippen LogP contribution in [0.2, 0.25) is 0 Å². The number of Topliss-reactive ketones (excluding diaryl/α,β-unsaturated/α-hetero) is 1. The summed E-state index contributed by atoms with van der Waals surface area (Å²) in [6.07, 6.45) is 4.55. The molecule has 240 valence electrons. The van der Waals surface area contributed by atoms with Crippen molar-refractivity contribution in [3.8, 4) is 0 Å². The van der Waals surface area contributed by atoms with Gasteiger partial charge in [0.25, 0.3) is 5.91 Å². The number of likely N-dealkylation sites (tertiary alicyclic amines) is 1. The number of aromatic nitrogens is 2. The molecule has 2 aromatic carbocycles. The normalized spacial score (nSPS) is 23.6. The molecule has 46 heavy (non-hydrogen) atoms. The molecule has 11 heteroatoms. The number of hydrogen-bond acceptors (Lipinski definition) is 6. The molecule has 0 radical (unpaired) electrons. The van der Waals surface area contributed by atoms with E-state index in [0.717, 1.165) is 42.3 Å². The third-order valence-electron chi connectivity index (χ3n) is 10.5. The van der Waals surface area contributed by atoms with E-state index in [2.05, 4.69) is 34.4 Å². The van der Waals surface area contributed by atoms with Crippen molar-refractivity contribution in [2.75, 3.05) is 6.54 Å². The lowest BCUT2D eigenvalue weighted by Crippen LogP contribution is -2.59. The maximum Gasteiger partial charge on any atom is 0.268 e. The summed E-state index contributed by atoms with van der Waals surface area (Å²) < 4.78 is 15.3. The van der Waals surface area contributed by atoms with Crippen LogP contribution in [0.25, 0.3) is 21.1 Å². The summed E-state index contributed by atoms with van der Waals surface area (Å²) in [6.45, 7) is 6.27. The Balaban J connectivity index is 1.12. The van der Waals surface area contributed by atoms with Crippen molar-refractivity contribution in [2.45, 2.75) is 71.0 Å². The topological polar surface area (TPSA) is 124 Å². The van der Waals surface area contributed by atoms with Gasteiger partial charge in [0, 0.05) is 17.4 Å². The number of H-pyrrole nitrogens is 1.